The van der Waals surface area contributed by atoms with Crippen molar-refractivity contribution >= 4 is 28.2 Å². The van der Waals surface area contributed by atoms with Gasteiger partial charge in [-0.3, -0.25) is 9.69 Å². The van der Waals surface area contributed by atoms with E-state index >= 15 is 0 Å². The van der Waals surface area contributed by atoms with Crippen molar-refractivity contribution < 1.29 is 9.90 Å². The van der Waals surface area contributed by atoms with Crippen LogP contribution in [0.25, 0.3) is 10.9 Å². The maximum Gasteiger partial charge on any atom is 0.251 e. The average molecular weight is 495 g/mol. The lowest BCUT2D eigenvalue weighted by molar-refractivity contribution is 0.0943. The predicted molar refractivity (Wildman–Crippen MR) is 150 cm³/mol. The molecule has 0 aliphatic carbocycles. The fourth-order valence-corrected chi connectivity index (χ4v) is 4.95. The van der Waals surface area contributed by atoms with E-state index in [-0.39, 0.29) is 17.8 Å². The van der Waals surface area contributed by atoms with Gasteiger partial charge in [0.05, 0.1) is 17.0 Å². The molecule has 3 aromatic carbocycles. The number of fused-ring (bicyclic) bond motifs is 1. The summed E-state index contributed by atoms with van der Waals surface area (Å²) < 4.78 is 0. The molecule has 0 saturated carbocycles. The van der Waals surface area contributed by atoms with Gasteiger partial charge < -0.3 is 15.4 Å². The van der Waals surface area contributed by atoms with Crippen LogP contribution in [0.5, 0.6) is 5.88 Å². The van der Waals surface area contributed by atoms with Crippen molar-refractivity contribution in [1.29, 1.82) is 0 Å². The van der Waals surface area contributed by atoms with E-state index in [0.29, 0.717) is 22.4 Å². The summed E-state index contributed by atoms with van der Waals surface area (Å²) in [6.07, 6.45) is 3.89. The van der Waals surface area contributed by atoms with Crippen LogP contribution in [0.1, 0.15) is 60.2 Å². The van der Waals surface area contributed by atoms with Gasteiger partial charge in [-0.15, -0.1) is 0 Å². The van der Waals surface area contributed by atoms with E-state index < -0.39 is 0 Å². The van der Waals surface area contributed by atoms with Crippen LogP contribution >= 0.6 is 0 Å². The van der Waals surface area contributed by atoms with Crippen LogP contribution in [0.15, 0.2) is 77.8 Å². The number of hydrogen-bond acceptors (Lipinski definition) is 4. The van der Waals surface area contributed by atoms with Crippen molar-refractivity contribution in [1.82, 2.24) is 15.2 Å². The van der Waals surface area contributed by atoms with Crippen molar-refractivity contribution in [3.63, 3.8) is 0 Å². The lowest BCUT2D eigenvalue weighted by Crippen LogP contribution is -2.29. The van der Waals surface area contributed by atoms with Gasteiger partial charge in [0.25, 0.3) is 5.91 Å². The monoisotopic (exact) mass is 494 g/mol. The maximum absolute atomic E-state index is 12.5. The number of aromatic hydroxyl groups is 1. The van der Waals surface area contributed by atoms with Gasteiger partial charge in [0.15, 0.2) is 5.88 Å². The fourth-order valence-electron chi connectivity index (χ4n) is 4.95. The highest BCUT2D eigenvalue weighted by atomic mass is 16.3. The SMILES string of the molecule is CC(C)NC(=O)c1ccc2c(C(=Nc3ccc(CN4CCCCC4)cc3)c3ccccc3)c(O)[nH]c2c1. The molecule has 0 bridgehead atoms. The maximum atomic E-state index is 12.5. The van der Waals surface area contributed by atoms with Gasteiger partial charge in [0.1, 0.15) is 0 Å². The molecule has 3 N–H and O–H groups in total. The van der Waals surface area contributed by atoms with Crippen LogP contribution in [0.3, 0.4) is 0 Å². The first kappa shape index (κ1) is 24.8. The Morgan fingerprint density at radius 3 is 2.41 bits per heavy atom. The summed E-state index contributed by atoms with van der Waals surface area (Å²) >= 11 is 0. The predicted octanol–water partition coefficient (Wildman–Crippen LogP) is 6.17. The molecular formula is C31H34N4O2. The number of rotatable bonds is 7. The van der Waals surface area contributed by atoms with Crippen LogP contribution in [-0.2, 0) is 6.54 Å². The van der Waals surface area contributed by atoms with Crippen molar-refractivity contribution in [3.05, 3.63) is 95.1 Å². The molecule has 2 heterocycles. The molecule has 1 saturated heterocycles. The first-order chi connectivity index (χ1) is 18.0. The van der Waals surface area contributed by atoms with Crippen LogP contribution in [0, 0.1) is 0 Å². The van der Waals surface area contributed by atoms with Crippen molar-refractivity contribution in [2.45, 2.75) is 45.7 Å². The van der Waals surface area contributed by atoms with Crippen LogP contribution in [-0.4, -0.2) is 45.7 Å². The molecule has 4 aromatic rings. The molecule has 1 aliphatic heterocycles. The van der Waals surface area contributed by atoms with E-state index in [9.17, 15) is 9.90 Å². The van der Waals surface area contributed by atoms with Crippen LogP contribution in [0.2, 0.25) is 0 Å². The third-order valence-electron chi connectivity index (χ3n) is 6.78. The summed E-state index contributed by atoms with van der Waals surface area (Å²) in [5.41, 5.74) is 5.52. The van der Waals surface area contributed by atoms with Crippen molar-refractivity contribution in [2.75, 3.05) is 13.1 Å². The highest BCUT2D eigenvalue weighted by molar-refractivity contribution is 6.22. The standard InChI is InChI=1S/C31H34N4O2/c1-21(2)32-30(36)24-13-16-26-27(19-24)34-31(37)28(26)29(23-9-5-3-6-10-23)33-25-14-11-22(12-15-25)20-35-17-7-4-8-18-35/h3,5-6,9-16,19,21,34,37H,4,7-8,17-18,20H2,1-2H3,(H,32,36). The molecule has 6 nitrogen and oxygen atoms in total. The minimum Gasteiger partial charge on any atom is -0.494 e. The van der Waals surface area contributed by atoms with E-state index in [1.165, 1.54) is 37.9 Å². The average Bonchev–Trinajstić information content (AvgIpc) is 3.23. The van der Waals surface area contributed by atoms with Gasteiger partial charge >= 0.3 is 0 Å². The quantitative estimate of drug-likeness (QED) is 0.269. The normalized spacial score (nSPS) is 14.8. The topological polar surface area (TPSA) is 80.7 Å². The number of carbonyl (C=O) groups excluding carboxylic acids is 1. The number of piperidine rings is 1. The summed E-state index contributed by atoms with van der Waals surface area (Å²) in [5, 5.41) is 14.7. The van der Waals surface area contributed by atoms with E-state index in [2.05, 4.69) is 27.3 Å². The van der Waals surface area contributed by atoms with Gasteiger partial charge in [0.2, 0.25) is 0 Å². The molecule has 5 rings (SSSR count). The zero-order valence-electron chi connectivity index (χ0n) is 21.5. The second kappa shape index (κ2) is 11.0. The Kier molecular flexibility index (Phi) is 7.37. The molecule has 0 radical (unpaired) electrons. The molecule has 37 heavy (non-hydrogen) atoms. The lowest BCUT2D eigenvalue weighted by Gasteiger charge is -2.26. The number of aromatic amines is 1. The molecule has 1 aromatic heterocycles. The molecule has 0 atom stereocenters. The van der Waals surface area contributed by atoms with Crippen molar-refractivity contribution in [2.24, 2.45) is 4.99 Å². The Morgan fingerprint density at radius 2 is 1.70 bits per heavy atom. The number of likely N-dealkylation sites (tertiary alicyclic amines) is 1. The highest BCUT2D eigenvalue weighted by Gasteiger charge is 2.20. The van der Waals surface area contributed by atoms with Crippen molar-refractivity contribution in [3.8, 4) is 5.88 Å². The first-order valence-corrected chi connectivity index (χ1v) is 13.1. The number of nitrogens with zero attached hydrogens (tertiary/aromatic N) is 2. The number of hydrogen-bond donors (Lipinski definition) is 3. The minimum absolute atomic E-state index is 0.0285. The minimum atomic E-state index is -0.144. The molecule has 1 aliphatic rings. The summed E-state index contributed by atoms with van der Waals surface area (Å²) in [4.78, 5) is 23.1. The Bertz CT molecular complexity index is 1400. The second-order valence-electron chi connectivity index (χ2n) is 10.1. The molecule has 1 amide bonds. The Morgan fingerprint density at radius 1 is 0.973 bits per heavy atom. The second-order valence-corrected chi connectivity index (χ2v) is 10.1. The third-order valence-corrected chi connectivity index (χ3v) is 6.78. The van der Waals surface area contributed by atoms with Crippen LogP contribution in [0.4, 0.5) is 5.69 Å². The number of carbonyl (C=O) groups is 1. The molecule has 190 valence electrons. The molecule has 1 fully saturated rings. The van der Waals surface area contributed by atoms with Crippen LogP contribution < -0.4 is 5.32 Å². The summed E-state index contributed by atoms with van der Waals surface area (Å²) in [6.45, 7) is 7.15. The Balaban J connectivity index is 1.51. The molecule has 0 spiro atoms. The zero-order chi connectivity index (χ0) is 25.8. The smallest absolute Gasteiger partial charge is 0.251 e. The fraction of sp³-hybridized carbons (Fsp3) is 0.290. The van der Waals surface area contributed by atoms with Gasteiger partial charge in [-0.2, -0.15) is 0 Å². The van der Waals surface area contributed by atoms with Gasteiger partial charge in [-0.05, 0) is 69.6 Å². The van der Waals surface area contributed by atoms with E-state index in [1.54, 1.807) is 12.1 Å². The summed E-state index contributed by atoms with van der Waals surface area (Å²) in [6, 6.07) is 23.7. The number of nitrogens with one attached hydrogen (secondary N) is 2. The first-order valence-electron chi connectivity index (χ1n) is 13.1. The summed E-state index contributed by atoms with van der Waals surface area (Å²) in [7, 11) is 0. The largest absolute Gasteiger partial charge is 0.494 e. The lowest BCUT2D eigenvalue weighted by atomic mass is 10.00. The molecular weight excluding hydrogens is 460 g/mol. The van der Waals surface area contributed by atoms with E-state index in [0.717, 1.165) is 23.2 Å². The number of benzene rings is 3. The van der Waals surface area contributed by atoms with Gasteiger partial charge in [-0.25, -0.2) is 4.99 Å². The number of aromatic nitrogens is 1. The molecule has 0 unspecified atom stereocenters. The Hall–Kier alpha value is -3.90. The van der Waals surface area contributed by atoms with E-state index in [1.807, 2.05) is 62.4 Å². The Labute approximate surface area is 218 Å². The summed E-state index contributed by atoms with van der Waals surface area (Å²) in [5.74, 6) is -0.116. The molecule has 6 heteroatoms. The van der Waals surface area contributed by atoms with Gasteiger partial charge in [0, 0.05) is 34.6 Å². The zero-order valence-corrected chi connectivity index (χ0v) is 21.5. The number of aliphatic imine (C=N–C) groups is 1. The highest BCUT2D eigenvalue weighted by Crippen LogP contribution is 2.32. The number of H-pyrrole nitrogens is 1. The third kappa shape index (κ3) is 5.75. The van der Waals surface area contributed by atoms with Gasteiger partial charge in [-0.1, -0.05) is 55.0 Å². The van der Waals surface area contributed by atoms with E-state index in [4.69, 9.17) is 4.99 Å². The number of amides is 1.